The highest BCUT2D eigenvalue weighted by Crippen LogP contribution is 2.24. The SMILES string of the molecule is COc1ccccc1NC(=O)CN1CCN(c2ccc(F)c(F)c2)C1=O. The van der Waals surface area contributed by atoms with Crippen molar-refractivity contribution in [2.24, 2.45) is 0 Å². The molecule has 1 N–H and O–H groups in total. The van der Waals surface area contributed by atoms with Crippen molar-refractivity contribution in [2.45, 2.75) is 0 Å². The maximum Gasteiger partial charge on any atom is 0.325 e. The number of nitrogens with zero attached hydrogens (tertiary/aromatic N) is 2. The summed E-state index contributed by atoms with van der Waals surface area (Å²) in [5.41, 5.74) is 0.755. The van der Waals surface area contributed by atoms with Gasteiger partial charge in [-0.15, -0.1) is 0 Å². The van der Waals surface area contributed by atoms with Crippen LogP contribution in [0.15, 0.2) is 42.5 Å². The lowest BCUT2D eigenvalue weighted by atomic mass is 10.3. The molecule has 1 fully saturated rings. The summed E-state index contributed by atoms with van der Waals surface area (Å²) < 4.78 is 31.6. The van der Waals surface area contributed by atoms with Gasteiger partial charge in [0.05, 0.1) is 12.8 Å². The Balaban J connectivity index is 1.65. The van der Waals surface area contributed by atoms with Crippen LogP contribution in [0.25, 0.3) is 0 Å². The van der Waals surface area contributed by atoms with Gasteiger partial charge in [0.15, 0.2) is 11.6 Å². The smallest absolute Gasteiger partial charge is 0.325 e. The molecule has 0 atom stereocenters. The van der Waals surface area contributed by atoms with Crippen molar-refractivity contribution in [3.8, 4) is 5.75 Å². The van der Waals surface area contributed by atoms with Gasteiger partial charge in [0.25, 0.3) is 0 Å². The summed E-state index contributed by atoms with van der Waals surface area (Å²) in [6, 6.07) is 9.75. The van der Waals surface area contributed by atoms with Crippen LogP contribution in [0.5, 0.6) is 5.75 Å². The monoisotopic (exact) mass is 361 g/mol. The number of urea groups is 1. The minimum atomic E-state index is -1.03. The molecule has 3 rings (SSSR count). The lowest BCUT2D eigenvalue weighted by Crippen LogP contribution is -2.37. The molecule has 0 spiro atoms. The summed E-state index contributed by atoms with van der Waals surface area (Å²) in [6.07, 6.45) is 0. The van der Waals surface area contributed by atoms with Crippen molar-refractivity contribution in [2.75, 3.05) is 37.0 Å². The maximum absolute atomic E-state index is 13.4. The molecular formula is C18H17F2N3O3. The largest absolute Gasteiger partial charge is 0.495 e. The van der Waals surface area contributed by atoms with E-state index in [2.05, 4.69) is 5.32 Å². The third kappa shape index (κ3) is 3.58. The lowest BCUT2D eigenvalue weighted by molar-refractivity contribution is -0.116. The van der Waals surface area contributed by atoms with Crippen molar-refractivity contribution < 1.29 is 23.1 Å². The van der Waals surface area contributed by atoms with Gasteiger partial charge in [0.2, 0.25) is 5.91 Å². The van der Waals surface area contributed by atoms with Crippen LogP contribution < -0.4 is 15.0 Å². The molecule has 0 aliphatic carbocycles. The average molecular weight is 361 g/mol. The Hall–Kier alpha value is -3.16. The topological polar surface area (TPSA) is 61.9 Å². The van der Waals surface area contributed by atoms with E-state index in [4.69, 9.17) is 4.74 Å². The van der Waals surface area contributed by atoms with Gasteiger partial charge in [-0.2, -0.15) is 0 Å². The van der Waals surface area contributed by atoms with Crippen LogP contribution in [0.4, 0.5) is 25.0 Å². The van der Waals surface area contributed by atoms with Crippen LogP contribution in [-0.4, -0.2) is 43.6 Å². The third-order valence-electron chi connectivity index (χ3n) is 4.03. The van der Waals surface area contributed by atoms with Crippen molar-refractivity contribution in [1.29, 1.82) is 0 Å². The van der Waals surface area contributed by atoms with Crippen LogP contribution in [0.2, 0.25) is 0 Å². The van der Waals surface area contributed by atoms with E-state index in [1.165, 1.54) is 23.0 Å². The molecule has 0 unspecified atom stereocenters. The molecule has 1 saturated heterocycles. The molecule has 26 heavy (non-hydrogen) atoms. The number of ether oxygens (including phenoxy) is 1. The summed E-state index contributed by atoms with van der Waals surface area (Å²) >= 11 is 0. The molecule has 3 amide bonds. The molecule has 0 saturated carbocycles. The Bertz CT molecular complexity index is 844. The summed E-state index contributed by atoms with van der Waals surface area (Å²) in [4.78, 5) is 27.3. The predicted octanol–water partition coefficient (Wildman–Crippen LogP) is 2.85. The van der Waals surface area contributed by atoms with Gasteiger partial charge in [-0.05, 0) is 24.3 Å². The Morgan fingerprint density at radius 2 is 1.92 bits per heavy atom. The fraction of sp³-hybridized carbons (Fsp3) is 0.222. The first-order valence-electron chi connectivity index (χ1n) is 7.94. The van der Waals surface area contributed by atoms with Gasteiger partial charge in [0.1, 0.15) is 12.3 Å². The highest BCUT2D eigenvalue weighted by molar-refractivity contribution is 5.99. The summed E-state index contributed by atoms with van der Waals surface area (Å²) in [5, 5.41) is 2.69. The van der Waals surface area contributed by atoms with E-state index in [9.17, 15) is 18.4 Å². The van der Waals surface area contributed by atoms with Crippen LogP contribution in [0.1, 0.15) is 0 Å². The molecule has 1 aliphatic heterocycles. The molecular weight excluding hydrogens is 344 g/mol. The zero-order chi connectivity index (χ0) is 18.7. The van der Waals surface area contributed by atoms with E-state index < -0.39 is 17.7 Å². The number of benzene rings is 2. The number of carbonyl (C=O) groups excluding carboxylic acids is 2. The van der Waals surface area contributed by atoms with Crippen LogP contribution in [0.3, 0.4) is 0 Å². The fourth-order valence-corrected chi connectivity index (χ4v) is 2.73. The number of methoxy groups -OCH3 is 1. The summed E-state index contributed by atoms with van der Waals surface area (Å²) in [5.74, 6) is -1.87. The molecule has 136 valence electrons. The molecule has 2 aromatic rings. The Kier molecular flexibility index (Phi) is 5.01. The van der Waals surface area contributed by atoms with E-state index in [0.717, 1.165) is 12.1 Å². The van der Waals surface area contributed by atoms with Gasteiger partial charge in [-0.3, -0.25) is 9.69 Å². The minimum Gasteiger partial charge on any atom is -0.495 e. The number of para-hydroxylation sites is 2. The van der Waals surface area contributed by atoms with Crippen LogP contribution in [-0.2, 0) is 4.79 Å². The van der Waals surface area contributed by atoms with Crippen molar-refractivity contribution in [1.82, 2.24) is 4.90 Å². The van der Waals surface area contributed by atoms with Gasteiger partial charge in [0, 0.05) is 24.8 Å². The van der Waals surface area contributed by atoms with Gasteiger partial charge in [-0.25, -0.2) is 13.6 Å². The number of hydrogen-bond acceptors (Lipinski definition) is 3. The van der Waals surface area contributed by atoms with Crippen LogP contribution in [0, 0.1) is 11.6 Å². The van der Waals surface area contributed by atoms with E-state index in [0.29, 0.717) is 18.0 Å². The first kappa shape index (κ1) is 17.7. The normalized spacial score (nSPS) is 13.9. The van der Waals surface area contributed by atoms with Gasteiger partial charge in [-0.1, -0.05) is 12.1 Å². The number of nitrogens with one attached hydrogen (secondary N) is 1. The first-order chi connectivity index (χ1) is 12.5. The molecule has 0 radical (unpaired) electrons. The second-order valence-electron chi connectivity index (χ2n) is 5.70. The standard InChI is InChI=1S/C18H17F2N3O3/c1-26-16-5-3-2-4-15(16)21-17(24)11-22-8-9-23(18(22)25)12-6-7-13(19)14(20)10-12/h2-7,10H,8-9,11H2,1H3,(H,21,24). The Morgan fingerprint density at radius 1 is 1.15 bits per heavy atom. The predicted molar refractivity (Wildman–Crippen MR) is 92.3 cm³/mol. The van der Waals surface area contributed by atoms with E-state index >= 15 is 0 Å². The second kappa shape index (κ2) is 7.38. The lowest BCUT2D eigenvalue weighted by Gasteiger charge is -2.19. The van der Waals surface area contributed by atoms with Crippen molar-refractivity contribution in [3.05, 3.63) is 54.1 Å². The molecule has 0 bridgehead atoms. The Morgan fingerprint density at radius 3 is 2.65 bits per heavy atom. The zero-order valence-electron chi connectivity index (χ0n) is 14.0. The van der Waals surface area contributed by atoms with Crippen LogP contribution >= 0.6 is 0 Å². The average Bonchev–Trinajstić information content (AvgIpc) is 2.98. The van der Waals surface area contributed by atoms with Crippen molar-refractivity contribution >= 4 is 23.3 Å². The molecule has 1 aliphatic rings. The number of halogens is 2. The quantitative estimate of drug-likeness (QED) is 0.891. The number of rotatable bonds is 5. The third-order valence-corrected chi connectivity index (χ3v) is 4.03. The number of amides is 3. The summed E-state index contributed by atoms with van der Waals surface area (Å²) in [7, 11) is 1.49. The molecule has 2 aromatic carbocycles. The fourth-order valence-electron chi connectivity index (χ4n) is 2.73. The van der Waals surface area contributed by atoms with Gasteiger partial charge >= 0.3 is 6.03 Å². The van der Waals surface area contributed by atoms with Crippen molar-refractivity contribution in [3.63, 3.8) is 0 Å². The molecule has 1 heterocycles. The zero-order valence-corrected chi connectivity index (χ0v) is 14.0. The molecule has 8 heteroatoms. The minimum absolute atomic E-state index is 0.156. The molecule has 0 aromatic heterocycles. The van der Waals surface area contributed by atoms with E-state index in [1.54, 1.807) is 24.3 Å². The summed E-state index contributed by atoms with van der Waals surface area (Å²) in [6.45, 7) is 0.431. The van der Waals surface area contributed by atoms with E-state index in [-0.39, 0.29) is 24.7 Å². The first-order valence-corrected chi connectivity index (χ1v) is 7.94. The molecule has 6 nitrogen and oxygen atoms in total. The highest BCUT2D eigenvalue weighted by Gasteiger charge is 2.31. The number of anilines is 2. The van der Waals surface area contributed by atoms with Gasteiger partial charge < -0.3 is 15.0 Å². The second-order valence-corrected chi connectivity index (χ2v) is 5.70. The number of carbonyl (C=O) groups is 2. The number of hydrogen-bond donors (Lipinski definition) is 1. The van der Waals surface area contributed by atoms with E-state index in [1.807, 2.05) is 0 Å². The Labute approximate surface area is 149 Å². The highest BCUT2D eigenvalue weighted by atomic mass is 19.2. The maximum atomic E-state index is 13.4.